The van der Waals surface area contributed by atoms with Gasteiger partial charge in [-0.25, -0.2) is 9.18 Å². The molecule has 38 heavy (non-hydrogen) atoms. The highest BCUT2D eigenvalue weighted by Crippen LogP contribution is 2.23. The average Bonchev–Trinajstić information content (AvgIpc) is 2.87. The number of amides is 2. The number of benzene rings is 1. The predicted molar refractivity (Wildman–Crippen MR) is 146 cm³/mol. The number of piperidine rings is 1. The second kappa shape index (κ2) is 12.8. The van der Waals surface area contributed by atoms with Gasteiger partial charge in [0.15, 0.2) is 0 Å². The summed E-state index contributed by atoms with van der Waals surface area (Å²) < 4.78 is 20.2. The number of likely N-dealkylation sites (tertiary alicyclic amines) is 1. The van der Waals surface area contributed by atoms with E-state index < -0.39 is 17.1 Å². The SMILES string of the molecule is C=C(NCCCC1CCN(C(=O)OC(C)(C)C)CC1)c1cc(C(=O)NC)c(=O)n(Cc2ccc(F)cc2)c1. The van der Waals surface area contributed by atoms with Crippen molar-refractivity contribution in [1.82, 2.24) is 20.1 Å². The molecule has 0 aliphatic carbocycles. The van der Waals surface area contributed by atoms with Crippen molar-refractivity contribution in [1.29, 1.82) is 0 Å². The fourth-order valence-corrected chi connectivity index (χ4v) is 4.46. The summed E-state index contributed by atoms with van der Waals surface area (Å²) in [6, 6.07) is 7.44. The second-order valence-electron chi connectivity index (χ2n) is 10.7. The van der Waals surface area contributed by atoms with Gasteiger partial charge in [-0.15, -0.1) is 0 Å². The topological polar surface area (TPSA) is 92.7 Å². The molecule has 2 heterocycles. The Hall–Kier alpha value is -3.62. The summed E-state index contributed by atoms with van der Waals surface area (Å²) in [5.74, 6) is -0.288. The first-order valence-electron chi connectivity index (χ1n) is 13.1. The molecule has 0 spiro atoms. The zero-order valence-electron chi connectivity index (χ0n) is 22.8. The van der Waals surface area contributed by atoms with E-state index in [0.717, 1.165) is 31.2 Å². The maximum absolute atomic E-state index is 13.3. The largest absolute Gasteiger partial charge is 0.444 e. The normalized spacial score (nSPS) is 14.2. The lowest BCUT2D eigenvalue weighted by Crippen LogP contribution is -2.41. The maximum atomic E-state index is 13.3. The molecule has 2 N–H and O–H groups in total. The average molecular weight is 527 g/mol. The van der Waals surface area contributed by atoms with Gasteiger partial charge in [-0.1, -0.05) is 18.7 Å². The van der Waals surface area contributed by atoms with Gasteiger partial charge in [-0.3, -0.25) is 9.59 Å². The summed E-state index contributed by atoms with van der Waals surface area (Å²) in [5, 5.41) is 5.83. The number of pyridine rings is 1. The molecule has 2 amide bonds. The monoisotopic (exact) mass is 526 g/mol. The summed E-state index contributed by atoms with van der Waals surface area (Å²) in [5.41, 5.74) is 1.09. The first-order valence-corrected chi connectivity index (χ1v) is 13.1. The third kappa shape index (κ3) is 8.19. The fraction of sp³-hybridized carbons (Fsp3) is 0.483. The molecule has 9 heteroatoms. The maximum Gasteiger partial charge on any atom is 0.410 e. The summed E-state index contributed by atoms with van der Waals surface area (Å²) >= 11 is 0. The Morgan fingerprint density at radius 2 is 1.82 bits per heavy atom. The van der Waals surface area contributed by atoms with E-state index in [4.69, 9.17) is 4.74 Å². The number of carbonyl (C=O) groups excluding carboxylic acids is 2. The molecule has 0 atom stereocenters. The quantitative estimate of drug-likeness (QED) is 0.473. The zero-order chi connectivity index (χ0) is 27.9. The van der Waals surface area contributed by atoms with Crippen molar-refractivity contribution >= 4 is 17.7 Å². The first-order chi connectivity index (χ1) is 18.0. The van der Waals surface area contributed by atoms with E-state index in [0.29, 0.717) is 36.8 Å². The Bertz CT molecular complexity index is 1190. The molecule has 1 fully saturated rings. The molecular formula is C29H39FN4O4. The van der Waals surface area contributed by atoms with Crippen LogP contribution in [0.25, 0.3) is 5.70 Å². The van der Waals surface area contributed by atoms with Gasteiger partial charge in [0.25, 0.3) is 11.5 Å². The van der Waals surface area contributed by atoms with Crippen molar-refractivity contribution in [2.45, 2.75) is 58.6 Å². The first kappa shape index (κ1) is 28.9. The van der Waals surface area contributed by atoms with Crippen molar-refractivity contribution in [3.63, 3.8) is 0 Å². The summed E-state index contributed by atoms with van der Waals surface area (Å²) in [6.45, 7) is 12.0. The summed E-state index contributed by atoms with van der Waals surface area (Å²) in [6.07, 6.45) is 5.27. The van der Waals surface area contributed by atoms with Crippen LogP contribution in [-0.4, -0.2) is 53.8 Å². The van der Waals surface area contributed by atoms with E-state index in [2.05, 4.69) is 17.2 Å². The number of hydrogen-bond acceptors (Lipinski definition) is 5. The molecule has 0 bridgehead atoms. The Morgan fingerprint density at radius 1 is 1.16 bits per heavy atom. The van der Waals surface area contributed by atoms with Gasteiger partial charge >= 0.3 is 6.09 Å². The smallest absolute Gasteiger partial charge is 0.410 e. The molecule has 0 saturated carbocycles. The Balaban J connectivity index is 1.55. The van der Waals surface area contributed by atoms with Crippen LogP contribution in [0.2, 0.25) is 0 Å². The van der Waals surface area contributed by atoms with Crippen LogP contribution >= 0.6 is 0 Å². The van der Waals surface area contributed by atoms with Gasteiger partial charge in [0.2, 0.25) is 0 Å². The van der Waals surface area contributed by atoms with Crippen LogP contribution in [-0.2, 0) is 11.3 Å². The van der Waals surface area contributed by atoms with Gasteiger partial charge < -0.3 is 24.8 Å². The minimum atomic E-state index is -0.489. The minimum Gasteiger partial charge on any atom is -0.444 e. The number of hydrogen-bond donors (Lipinski definition) is 2. The molecule has 2 aromatic rings. The number of ether oxygens (including phenoxy) is 1. The molecule has 3 rings (SSSR count). The molecule has 1 saturated heterocycles. The summed E-state index contributed by atoms with van der Waals surface area (Å²) in [7, 11) is 1.48. The lowest BCUT2D eigenvalue weighted by molar-refractivity contribution is 0.0180. The van der Waals surface area contributed by atoms with E-state index in [-0.39, 0.29) is 24.0 Å². The molecule has 8 nitrogen and oxygen atoms in total. The van der Waals surface area contributed by atoms with E-state index in [9.17, 15) is 18.8 Å². The number of halogens is 1. The van der Waals surface area contributed by atoms with Crippen LogP contribution in [0.3, 0.4) is 0 Å². The molecular weight excluding hydrogens is 487 g/mol. The van der Waals surface area contributed by atoms with Gasteiger partial charge in [0, 0.05) is 44.1 Å². The van der Waals surface area contributed by atoms with Gasteiger partial charge in [0.05, 0.1) is 6.54 Å². The summed E-state index contributed by atoms with van der Waals surface area (Å²) in [4.78, 5) is 39.3. The number of carbonyl (C=O) groups is 2. The zero-order valence-corrected chi connectivity index (χ0v) is 22.8. The van der Waals surface area contributed by atoms with E-state index in [1.165, 1.54) is 23.7 Å². The van der Waals surface area contributed by atoms with Crippen LogP contribution in [0.4, 0.5) is 9.18 Å². The molecule has 1 aliphatic heterocycles. The highest BCUT2D eigenvalue weighted by Gasteiger charge is 2.26. The van der Waals surface area contributed by atoms with Crippen molar-refractivity contribution in [2.75, 3.05) is 26.7 Å². The number of rotatable bonds is 9. The highest BCUT2D eigenvalue weighted by molar-refractivity contribution is 5.94. The van der Waals surface area contributed by atoms with Crippen LogP contribution < -0.4 is 16.2 Å². The Kier molecular flexibility index (Phi) is 9.72. The Morgan fingerprint density at radius 3 is 2.42 bits per heavy atom. The van der Waals surface area contributed by atoms with Gasteiger partial charge in [-0.2, -0.15) is 0 Å². The lowest BCUT2D eigenvalue weighted by Gasteiger charge is -2.33. The van der Waals surface area contributed by atoms with E-state index in [1.807, 2.05) is 20.8 Å². The van der Waals surface area contributed by atoms with Crippen LogP contribution in [0, 0.1) is 11.7 Å². The standard InChI is InChI=1S/C29H39FN4O4/c1-20(32-14-6-7-21-12-15-33(16-13-21)28(37)38-29(2,3)4)23-17-25(26(35)31-5)27(36)34(19-23)18-22-8-10-24(30)11-9-22/h8-11,17,19,21,32H,1,6-7,12-16,18H2,2-5H3,(H,31,35). The molecule has 1 aliphatic rings. The van der Waals surface area contributed by atoms with E-state index in [1.54, 1.807) is 29.3 Å². The third-order valence-corrected chi connectivity index (χ3v) is 6.57. The fourth-order valence-electron chi connectivity index (χ4n) is 4.46. The third-order valence-electron chi connectivity index (χ3n) is 6.57. The van der Waals surface area contributed by atoms with E-state index >= 15 is 0 Å². The molecule has 0 radical (unpaired) electrons. The molecule has 1 aromatic heterocycles. The van der Waals surface area contributed by atoms with Crippen molar-refractivity contribution in [2.24, 2.45) is 5.92 Å². The van der Waals surface area contributed by atoms with Crippen LogP contribution in [0.15, 0.2) is 47.9 Å². The second-order valence-corrected chi connectivity index (χ2v) is 10.7. The lowest BCUT2D eigenvalue weighted by atomic mass is 9.92. The number of aromatic nitrogens is 1. The highest BCUT2D eigenvalue weighted by atomic mass is 19.1. The Labute approximate surface area is 223 Å². The van der Waals surface area contributed by atoms with Crippen molar-refractivity contribution in [3.8, 4) is 0 Å². The number of nitrogens with zero attached hydrogens (tertiary/aromatic N) is 2. The minimum absolute atomic E-state index is 0.0202. The van der Waals surface area contributed by atoms with Crippen molar-refractivity contribution < 1.29 is 18.7 Å². The molecule has 1 aromatic carbocycles. The van der Waals surface area contributed by atoms with Gasteiger partial charge in [0.1, 0.15) is 17.0 Å². The number of nitrogens with one attached hydrogen (secondary N) is 2. The van der Waals surface area contributed by atoms with Crippen LogP contribution in [0.1, 0.15) is 67.9 Å². The molecule has 0 unspecified atom stereocenters. The van der Waals surface area contributed by atoms with Gasteiger partial charge in [-0.05, 0) is 76.1 Å². The van der Waals surface area contributed by atoms with Crippen molar-refractivity contribution in [3.05, 3.63) is 76.0 Å². The predicted octanol–water partition coefficient (Wildman–Crippen LogP) is 4.38. The van der Waals surface area contributed by atoms with Crippen LogP contribution in [0.5, 0.6) is 0 Å². The molecule has 206 valence electrons.